The molecule has 0 aromatic carbocycles. The molecule has 3 aromatic rings. The minimum Gasteiger partial charge on any atom is -0.368 e. The second kappa shape index (κ2) is 7.42. The molecule has 152 valence electrons. The Morgan fingerprint density at radius 2 is 2.10 bits per heavy atom. The number of hydrogen-bond donors (Lipinski definition) is 2. The lowest BCUT2D eigenvalue weighted by molar-refractivity contribution is 0.102. The van der Waals surface area contributed by atoms with E-state index >= 15 is 0 Å². The maximum atomic E-state index is 13.0. The van der Waals surface area contributed by atoms with Gasteiger partial charge in [-0.3, -0.25) is 9.78 Å². The maximum absolute atomic E-state index is 13.0. The molecule has 2 unspecified atom stereocenters. The fourth-order valence-electron chi connectivity index (χ4n) is 4.23. The Labute approximate surface area is 174 Å². The first kappa shape index (κ1) is 18.6. The highest BCUT2D eigenvalue weighted by atomic mass is 16.1. The van der Waals surface area contributed by atoms with Crippen LogP contribution in [0.2, 0.25) is 0 Å². The summed E-state index contributed by atoms with van der Waals surface area (Å²) >= 11 is 0. The molecule has 1 amide bonds. The van der Waals surface area contributed by atoms with Gasteiger partial charge in [-0.15, -0.1) is 0 Å². The number of nitrogens with two attached hydrogens (primary N) is 1. The minimum absolute atomic E-state index is 0.122. The lowest BCUT2D eigenvalue weighted by atomic mass is 9.96. The molecule has 7 nitrogen and oxygen atoms in total. The number of pyridine rings is 2. The van der Waals surface area contributed by atoms with Crippen LogP contribution in [-0.4, -0.2) is 39.6 Å². The van der Waals surface area contributed by atoms with Crippen LogP contribution in [0.25, 0.3) is 16.7 Å². The highest BCUT2D eigenvalue weighted by molar-refractivity contribution is 6.05. The topological polar surface area (TPSA) is 89.1 Å². The average molecular weight is 400 g/mol. The van der Waals surface area contributed by atoms with Gasteiger partial charge in [0.15, 0.2) is 0 Å². The molecular weight excluding hydrogens is 376 g/mol. The fraction of sp³-hybridized carbons (Fsp3) is 0.261. The number of nitrogens with zero attached hydrogens (tertiary/aromatic N) is 4. The Morgan fingerprint density at radius 1 is 1.23 bits per heavy atom. The number of hydrogen-bond acceptors (Lipinski definition) is 5. The standard InChI is InChI=1S/C23H24N6O/c1-15-11-17(24)14-28(13-15)21-7-9-25-12-20(21)27-23(30)19-6-5-16-8-10-29(22(16)26-19)18-3-2-4-18/h2-10,12,15,17H,11,13-14,24H2,1H3,(H,27,30). The van der Waals surface area contributed by atoms with E-state index in [0.29, 0.717) is 17.3 Å². The van der Waals surface area contributed by atoms with E-state index in [0.717, 1.165) is 41.9 Å². The Balaban J connectivity index is 1.42. The van der Waals surface area contributed by atoms with Gasteiger partial charge in [0, 0.05) is 42.6 Å². The molecule has 0 radical (unpaired) electrons. The predicted molar refractivity (Wildman–Crippen MR) is 119 cm³/mol. The number of nitrogens with one attached hydrogen (secondary N) is 1. The summed E-state index contributed by atoms with van der Waals surface area (Å²) in [5, 5.41) is 3.99. The summed E-state index contributed by atoms with van der Waals surface area (Å²) in [5.41, 5.74) is 10.0. The molecule has 1 saturated heterocycles. The molecule has 3 aromatic heterocycles. The second-order valence-corrected chi connectivity index (χ2v) is 8.10. The summed E-state index contributed by atoms with van der Waals surface area (Å²) in [7, 11) is 0. The van der Waals surface area contributed by atoms with Crippen LogP contribution in [-0.2, 0) is 0 Å². The van der Waals surface area contributed by atoms with Crippen LogP contribution in [0, 0.1) is 5.92 Å². The Bertz CT molecular complexity index is 1170. The van der Waals surface area contributed by atoms with E-state index in [1.54, 1.807) is 18.5 Å². The lowest BCUT2D eigenvalue weighted by Gasteiger charge is -2.37. The van der Waals surface area contributed by atoms with Gasteiger partial charge in [-0.2, -0.15) is 0 Å². The van der Waals surface area contributed by atoms with Crippen LogP contribution < -0.4 is 16.0 Å². The van der Waals surface area contributed by atoms with Gasteiger partial charge < -0.3 is 20.5 Å². The zero-order valence-corrected chi connectivity index (χ0v) is 16.8. The van der Waals surface area contributed by atoms with Crippen molar-refractivity contribution >= 4 is 34.0 Å². The van der Waals surface area contributed by atoms with Crippen molar-refractivity contribution in [2.45, 2.75) is 19.4 Å². The maximum Gasteiger partial charge on any atom is 0.274 e. The second-order valence-electron chi connectivity index (χ2n) is 8.10. The van der Waals surface area contributed by atoms with Crippen molar-refractivity contribution in [2.24, 2.45) is 11.7 Å². The molecule has 2 atom stereocenters. The molecule has 2 aliphatic rings. The number of allylic oxidation sites excluding steroid dienone is 4. The zero-order valence-electron chi connectivity index (χ0n) is 16.8. The summed E-state index contributed by atoms with van der Waals surface area (Å²) < 4.78 is 1.98. The number of rotatable bonds is 4. The first-order valence-corrected chi connectivity index (χ1v) is 10.2. The highest BCUT2D eigenvalue weighted by Gasteiger charge is 2.24. The van der Waals surface area contributed by atoms with Crippen molar-refractivity contribution in [3.63, 3.8) is 0 Å². The molecule has 1 fully saturated rings. The quantitative estimate of drug-likeness (QED) is 0.702. The minimum atomic E-state index is -0.258. The van der Waals surface area contributed by atoms with Crippen LogP contribution in [0.15, 0.2) is 61.1 Å². The highest BCUT2D eigenvalue weighted by Crippen LogP contribution is 2.29. The molecule has 3 N–H and O–H groups in total. The zero-order chi connectivity index (χ0) is 20.7. The number of carbonyl (C=O) groups excluding carboxylic acids is 1. The Kier molecular flexibility index (Phi) is 4.59. The van der Waals surface area contributed by atoms with Crippen LogP contribution in [0.3, 0.4) is 0 Å². The summed E-state index contributed by atoms with van der Waals surface area (Å²) in [6, 6.07) is 7.72. The molecule has 0 saturated carbocycles. The third kappa shape index (κ3) is 3.37. The summed E-state index contributed by atoms with van der Waals surface area (Å²) in [6.07, 6.45) is 12.4. The van der Waals surface area contributed by atoms with Gasteiger partial charge >= 0.3 is 0 Å². The SMILES string of the molecule is CC1CC(N)CN(c2ccncc2NC(=O)c2ccc3ccn(C4=CC=C4)c3n2)C1. The normalized spacial score (nSPS) is 20.7. The van der Waals surface area contributed by atoms with E-state index in [1.807, 2.05) is 47.2 Å². The van der Waals surface area contributed by atoms with Gasteiger partial charge in [0.1, 0.15) is 11.3 Å². The van der Waals surface area contributed by atoms with E-state index in [4.69, 9.17) is 5.73 Å². The molecule has 30 heavy (non-hydrogen) atoms. The fourth-order valence-corrected chi connectivity index (χ4v) is 4.23. The Morgan fingerprint density at radius 3 is 2.87 bits per heavy atom. The van der Waals surface area contributed by atoms with Crippen molar-refractivity contribution in [1.29, 1.82) is 0 Å². The molecule has 7 heteroatoms. The first-order chi connectivity index (χ1) is 14.6. The molecule has 1 aliphatic heterocycles. The van der Waals surface area contributed by atoms with Crippen molar-refractivity contribution in [3.05, 3.63) is 66.8 Å². The third-order valence-corrected chi connectivity index (χ3v) is 5.66. The lowest BCUT2D eigenvalue weighted by Crippen LogP contribution is -2.46. The molecule has 4 heterocycles. The summed E-state index contributed by atoms with van der Waals surface area (Å²) in [5.74, 6) is 0.239. The first-order valence-electron chi connectivity index (χ1n) is 10.2. The van der Waals surface area contributed by atoms with Gasteiger partial charge in [0.25, 0.3) is 5.91 Å². The number of fused-ring (bicyclic) bond motifs is 1. The monoisotopic (exact) mass is 400 g/mol. The summed E-state index contributed by atoms with van der Waals surface area (Å²) in [6.45, 7) is 3.87. The van der Waals surface area contributed by atoms with Crippen molar-refractivity contribution in [3.8, 4) is 0 Å². The third-order valence-electron chi connectivity index (χ3n) is 5.66. The Hall–Kier alpha value is -3.45. The number of aromatic nitrogens is 3. The van der Waals surface area contributed by atoms with E-state index in [9.17, 15) is 4.79 Å². The van der Waals surface area contributed by atoms with Crippen molar-refractivity contribution in [1.82, 2.24) is 14.5 Å². The van der Waals surface area contributed by atoms with Crippen molar-refractivity contribution < 1.29 is 4.79 Å². The summed E-state index contributed by atoms with van der Waals surface area (Å²) in [4.78, 5) is 24.1. The molecule has 5 rings (SSSR count). The van der Waals surface area contributed by atoms with Gasteiger partial charge in [-0.1, -0.05) is 13.0 Å². The van der Waals surface area contributed by atoms with Crippen LogP contribution in [0.4, 0.5) is 11.4 Å². The van der Waals surface area contributed by atoms with Gasteiger partial charge in [0.05, 0.1) is 17.6 Å². The molecular formula is C23H24N6O. The van der Waals surface area contributed by atoms with E-state index < -0.39 is 0 Å². The van der Waals surface area contributed by atoms with E-state index in [1.165, 1.54) is 0 Å². The van der Waals surface area contributed by atoms with Gasteiger partial charge in [-0.25, -0.2) is 4.98 Å². The smallest absolute Gasteiger partial charge is 0.274 e. The molecule has 1 aliphatic carbocycles. The van der Waals surface area contributed by atoms with Gasteiger partial charge in [-0.05, 0) is 48.8 Å². The number of amides is 1. The van der Waals surface area contributed by atoms with E-state index in [-0.39, 0.29) is 11.9 Å². The van der Waals surface area contributed by atoms with E-state index in [2.05, 4.69) is 27.1 Å². The number of anilines is 2. The van der Waals surface area contributed by atoms with Crippen LogP contribution >= 0.6 is 0 Å². The number of piperidine rings is 1. The largest absolute Gasteiger partial charge is 0.368 e. The number of carbonyl (C=O) groups is 1. The predicted octanol–water partition coefficient (Wildman–Crippen LogP) is 3.27. The molecule has 0 bridgehead atoms. The van der Waals surface area contributed by atoms with Crippen molar-refractivity contribution in [2.75, 3.05) is 23.3 Å². The van der Waals surface area contributed by atoms with Crippen LogP contribution in [0.1, 0.15) is 23.8 Å². The van der Waals surface area contributed by atoms with Crippen LogP contribution in [0.5, 0.6) is 0 Å². The van der Waals surface area contributed by atoms with Gasteiger partial charge in [0.2, 0.25) is 0 Å². The average Bonchev–Trinajstić information content (AvgIpc) is 3.09. The molecule has 0 spiro atoms.